The maximum absolute atomic E-state index is 13.0. The molecule has 2 heterocycles. The van der Waals surface area contributed by atoms with Crippen LogP contribution in [0.3, 0.4) is 0 Å². The van der Waals surface area contributed by atoms with Crippen LogP contribution in [0.4, 0.5) is 0 Å². The highest BCUT2D eigenvalue weighted by atomic mass is 32.2. The number of thiophene rings is 2. The molecule has 2 N–H and O–H groups in total. The molecule has 0 spiro atoms. The van der Waals surface area contributed by atoms with Crippen molar-refractivity contribution in [3.05, 3.63) is 69.7 Å². The molecule has 3 aromatic rings. The van der Waals surface area contributed by atoms with Gasteiger partial charge < -0.3 is 15.4 Å². The van der Waals surface area contributed by atoms with Gasteiger partial charge in [0.25, 0.3) is 0 Å². The van der Waals surface area contributed by atoms with E-state index in [0.717, 1.165) is 16.9 Å². The minimum Gasteiger partial charge on any atom is -0.497 e. The number of sulfone groups is 1. The van der Waals surface area contributed by atoms with Crippen molar-refractivity contribution in [1.82, 2.24) is 10.6 Å². The molecular formula is C20H20N2O5S3. The summed E-state index contributed by atoms with van der Waals surface area (Å²) < 4.78 is 31.3. The van der Waals surface area contributed by atoms with Crippen LogP contribution in [-0.2, 0) is 26.0 Å². The lowest BCUT2D eigenvalue weighted by Crippen LogP contribution is -2.41. The molecular weight excluding hydrogens is 444 g/mol. The average molecular weight is 465 g/mol. The predicted octanol–water partition coefficient (Wildman–Crippen LogP) is 2.77. The lowest BCUT2D eigenvalue weighted by atomic mass is 10.2. The first-order valence-corrected chi connectivity index (χ1v) is 12.2. The molecule has 1 atom stereocenters. The summed E-state index contributed by atoms with van der Waals surface area (Å²) in [7, 11) is -2.13. The number of carbonyl (C=O) groups excluding carboxylic acids is 2. The van der Waals surface area contributed by atoms with Crippen molar-refractivity contribution >= 4 is 44.3 Å². The van der Waals surface area contributed by atoms with Gasteiger partial charge in [0.15, 0.2) is 9.84 Å². The Kier molecular flexibility index (Phi) is 7.24. The van der Waals surface area contributed by atoms with Crippen LogP contribution >= 0.6 is 22.7 Å². The lowest BCUT2D eigenvalue weighted by molar-refractivity contribution is -0.139. The highest BCUT2D eigenvalue weighted by molar-refractivity contribution is 7.93. The van der Waals surface area contributed by atoms with Crippen LogP contribution in [0.1, 0.15) is 15.7 Å². The molecule has 10 heteroatoms. The van der Waals surface area contributed by atoms with Crippen molar-refractivity contribution in [2.24, 2.45) is 0 Å². The van der Waals surface area contributed by atoms with Gasteiger partial charge in [-0.15, -0.1) is 22.7 Å². The summed E-state index contributed by atoms with van der Waals surface area (Å²) in [6.45, 7) is -0.0341. The number of hydrogen-bond donors (Lipinski definition) is 2. The smallest absolute Gasteiger partial charge is 0.309 e. The molecule has 1 aromatic carbocycles. The Bertz CT molecular complexity index is 1080. The molecule has 158 valence electrons. The maximum Gasteiger partial charge on any atom is 0.309 e. The SMILES string of the molecule is COc1ccc(CNC(=O)C(=O)NC[C@H](c2cccs2)S(=O)(=O)c2cccs2)cc1. The second kappa shape index (κ2) is 9.88. The van der Waals surface area contributed by atoms with Crippen LogP contribution in [0, 0.1) is 0 Å². The van der Waals surface area contributed by atoms with Crippen molar-refractivity contribution in [2.45, 2.75) is 16.0 Å². The van der Waals surface area contributed by atoms with Gasteiger partial charge in [-0.05, 0) is 40.6 Å². The van der Waals surface area contributed by atoms with Gasteiger partial charge in [-0.1, -0.05) is 24.3 Å². The number of nitrogens with one attached hydrogen (secondary N) is 2. The van der Waals surface area contributed by atoms with E-state index in [1.165, 1.54) is 17.4 Å². The summed E-state index contributed by atoms with van der Waals surface area (Å²) in [6, 6.07) is 13.7. The Balaban J connectivity index is 1.62. The molecule has 3 rings (SSSR count). The standard InChI is InChI=1S/C20H20N2O5S3/c1-27-15-8-6-14(7-9-15)12-21-19(23)20(24)22-13-17(16-4-2-10-28-16)30(25,26)18-5-3-11-29-18/h2-11,17H,12-13H2,1H3,(H,21,23)(H,22,24)/t17-/m1/s1. The third kappa shape index (κ3) is 5.26. The van der Waals surface area contributed by atoms with Crippen LogP contribution in [0.15, 0.2) is 63.5 Å². The molecule has 0 fully saturated rings. The molecule has 30 heavy (non-hydrogen) atoms. The summed E-state index contributed by atoms with van der Waals surface area (Å²) in [5.74, 6) is -1.02. The summed E-state index contributed by atoms with van der Waals surface area (Å²) >= 11 is 2.41. The van der Waals surface area contributed by atoms with Gasteiger partial charge in [0.1, 0.15) is 15.2 Å². The zero-order valence-corrected chi connectivity index (χ0v) is 18.5. The van der Waals surface area contributed by atoms with Crippen LogP contribution in [0.5, 0.6) is 5.75 Å². The number of hydrogen-bond acceptors (Lipinski definition) is 7. The number of ether oxygens (including phenoxy) is 1. The van der Waals surface area contributed by atoms with Crippen molar-refractivity contribution < 1.29 is 22.7 Å². The number of amides is 2. The molecule has 0 aliphatic carbocycles. The van der Waals surface area contributed by atoms with Gasteiger partial charge in [0.2, 0.25) is 0 Å². The summed E-state index contributed by atoms with van der Waals surface area (Å²) in [4.78, 5) is 24.9. The van der Waals surface area contributed by atoms with Gasteiger partial charge in [-0.25, -0.2) is 8.42 Å². The van der Waals surface area contributed by atoms with E-state index in [4.69, 9.17) is 4.74 Å². The third-order valence-corrected chi connectivity index (χ3v) is 8.93. The first-order valence-electron chi connectivity index (χ1n) is 8.91. The van der Waals surface area contributed by atoms with Crippen LogP contribution in [0.2, 0.25) is 0 Å². The molecule has 0 aliphatic heterocycles. The molecule has 0 bridgehead atoms. The Morgan fingerprint density at radius 3 is 2.23 bits per heavy atom. The predicted molar refractivity (Wildman–Crippen MR) is 116 cm³/mol. The first-order chi connectivity index (χ1) is 14.4. The molecule has 0 unspecified atom stereocenters. The lowest BCUT2D eigenvalue weighted by Gasteiger charge is -2.16. The van der Waals surface area contributed by atoms with E-state index >= 15 is 0 Å². The zero-order chi connectivity index (χ0) is 21.6. The van der Waals surface area contributed by atoms with E-state index in [1.54, 1.807) is 60.3 Å². The van der Waals surface area contributed by atoms with E-state index in [9.17, 15) is 18.0 Å². The number of rotatable bonds is 8. The van der Waals surface area contributed by atoms with E-state index in [0.29, 0.717) is 10.6 Å². The number of carbonyl (C=O) groups is 2. The summed E-state index contributed by atoms with van der Waals surface area (Å²) in [5, 5.41) is 7.47. The normalized spacial score (nSPS) is 12.2. The molecule has 0 radical (unpaired) electrons. The molecule has 0 aliphatic rings. The summed E-state index contributed by atoms with van der Waals surface area (Å²) in [6.07, 6.45) is 0. The average Bonchev–Trinajstić information content (AvgIpc) is 3.46. The zero-order valence-electron chi connectivity index (χ0n) is 16.0. The maximum atomic E-state index is 13.0. The van der Waals surface area contributed by atoms with E-state index in [2.05, 4.69) is 10.6 Å². The highest BCUT2D eigenvalue weighted by Crippen LogP contribution is 2.33. The monoisotopic (exact) mass is 464 g/mol. The second-order valence-electron chi connectivity index (χ2n) is 6.22. The van der Waals surface area contributed by atoms with Crippen molar-refractivity contribution in [2.75, 3.05) is 13.7 Å². The third-order valence-electron chi connectivity index (χ3n) is 4.28. The van der Waals surface area contributed by atoms with Crippen molar-refractivity contribution in [3.63, 3.8) is 0 Å². The number of methoxy groups -OCH3 is 1. The van der Waals surface area contributed by atoms with Crippen molar-refractivity contribution in [3.8, 4) is 5.75 Å². The topological polar surface area (TPSA) is 102 Å². The van der Waals surface area contributed by atoms with E-state index in [-0.39, 0.29) is 17.3 Å². The fourth-order valence-electron chi connectivity index (χ4n) is 2.67. The highest BCUT2D eigenvalue weighted by Gasteiger charge is 2.31. The minimum atomic E-state index is -3.69. The van der Waals surface area contributed by atoms with Crippen LogP contribution in [-0.4, -0.2) is 33.9 Å². The largest absolute Gasteiger partial charge is 0.497 e. The Labute approximate surface area is 182 Å². The second-order valence-corrected chi connectivity index (χ2v) is 10.5. The minimum absolute atomic E-state index is 0.165. The van der Waals surface area contributed by atoms with Crippen LogP contribution in [0.25, 0.3) is 0 Å². The van der Waals surface area contributed by atoms with E-state index in [1.807, 2.05) is 0 Å². The Morgan fingerprint density at radius 2 is 1.63 bits per heavy atom. The fraction of sp³-hybridized carbons (Fsp3) is 0.200. The molecule has 0 saturated carbocycles. The fourth-order valence-corrected chi connectivity index (χ4v) is 6.66. The molecule has 2 aromatic heterocycles. The van der Waals surface area contributed by atoms with E-state index < -0.39 is 26.9 Å². The van der Waals surface area contributed by atoms with Crippen molar-refractivity contribution in [1.29, 1.82) is 0 Å². The van der Waals surface area contributed by atoms with Gasteiger partial charge in [-0.3, -0.25) is 9.59 Å². The van der Waals surface area contributed by atoms with Gasteiger partial charge >= 0.3 is 11.8 Å². The number of benzene rings is 1. The molecule has 7 nitrogen and oxygen atoms in total. The van der Waals surface area contributed by atoms with Gasteiger partial charge in [0, 0.05) is 18.0 Å². The van der Waals surface area contributed by atoms with Gasteiger partial charge in [-0.2, -0.15) is 0 Å². The summed E-state index contributed by atoms with van der Waals surface area (Å²) in [5.41, 5.74) is 0.800. The first kappa shape index (κ1) is 22.0. The Hall–Kier alpha value is -2.69. The van der Waals surface area contributed by atoms with Gasteiger partial charge in [0.05, 0.1) is 7.11 Å². The van der Waals surface area contributed by atoms with Crippen LogP contribution < -0.4 is 15.4 Å². The molecule has 0 saturated heterocycles. The quantitative estimate of drug-likeness (QED) is 0.499. The Morgan fingerprint density at radius 1 is 0.967 bits per heavy atom. The molecule has 2 amide bonds.